The number of aliphatic hydroxyl groups is 1. The molecule has 16 heavy (non-hydrogen) atoms. The van der Waals surface area contributed by atoms with Gasteiger partial charge in [0.05, 0.1) is 6.10 Å². The second-order valence-electron chi connectivity index (χ2n) is 4.42. The molecule has 1 rings (SSSR count). The average molecular weight is 224 g/mol. The first kappa shape index (κ1) is 12.7. The summed E-state index contributed by atoms with van der Waals surface area (Å²) < 4.78 is 0. The summed E-state index contributed by atoms with van der Waals surface area (Å²) in [6.07, 6.45) is 2.07. The van der Waals surface area contributed by atoms with Gasteiger partial charge in [-0.05, 0) is 19.3 Å². The SMILES string of the molecule is Cc1cnc(N)nc1NCC(O)CC(C)C. The van der Waals surface area contributed by atoms with Crippen LogP contribution in [-0.4, -0.2) is 27.7 Å². The molecule has 1 aromatic heterocycles. The van der Waals surface area contributed by atoms with E-state index in [1.54, 1.807) is 6.20 Å². The molecule has 0 aliphatic rings. The highest BCUT2D eigenvalue weighted by Gasteiger charge is 2.08. The molecule has 0 aromatic carbocycles. The van der Waals surface area contributed by atoms with E-state index < -0.39 is 0 Å². The number of hydrogen-bond acceptors (Lipinski definition) is 5. The Hall–Kier alpha value is -1.36. The third-order valence-electron chi connectivity index (χ3n) is 2.24. The Bertz CT molecular complexity index is 341. The zero-order valence-corrected chi connectivity index (χ0v) is 10.1. The van der Waals surface area contributed by atoms with Crippen LogP contribution in [0.2, 0.25) is 0 Å². The standard InChI is InChI=1S/C11H20N4O/c1-7(2)4-9(16)6-13-10-8(3)5-14-11(12)15-10/h5,7,9,16H,4,6H2,1-3H3,(H3,12,13,14,15). The highest BCUT2D eigenvalue weighted by atomic mass is 16.3. The van der Waals surface area contributed by atoms with E-state index in [1.807, 2.05) is 6.92 Å². The Morgan fingerprint density at radius 2 is 2.19 bits per heavy atom. The van der Waals surface area contributed by atoms with Crippen LogP contribution in [0.3, 0.4) is 0 Å². The fourth-order valence-corrected chi connectivity index (χ4v) is 1.48. The summed E-state index contributed by atoms with van der Waals surface area (Å²) in [5.74, 6) is 1.41. The number of hydrogen-bond donors (Lipinski definition) is 3. The van der Waals surface area contributed by atoms with Gasteiger partial charge in [-0.1, -0.05) is 13.8 Å². The summed E-state index contributed by atoms with van der Waals surface area (Å²) >= 11 is 0. The minimum Gasteiger partial charge on any atom is -0.391 e. The van der Waals surface area contributed by atoms with Gasteiger partial charge in [-0.15, -0.1) is 0 Å². The third kappa shape index (κ3) is 4.02. The summed E-state index contributed by atoms with van der Waals surface area (Å²) in [5.41, 5.74) is 6.41. The number of anilines is 2. The minimum atomic E-state index is -0.365. The Morgan fingerprint density at radius 3 is 2.81 bits per heavy atom. The van der Waals surface area contributed by atoms with Gasteiger partial charge >= 0.3 is 0 Å². The molecule has 0 saturated carbocycles. The van der Waals surface area contributed by atoms with E-state index in [2.05, 4.69) is 29.1 Å². The number of nitrogens with two attached hydrogens (primary N) is 1. The molecule has 1 heterocycles. The molecule has 0 radical (unpaired) electrons. The Kier molecular flexibility index (Phi) is 4.49. The fourth-order valence-electron chi connectivity index (χ4n) is 1.48. The van der Waals surface area contributed by atoms with E-state index in [0.717, 1.165) is 12.0 Å². The van der Waals surface area contributed by atoms with E-state index in [4.69, 9.17) is 5.73 Å². The van der Waals surface area contributed by atoms with Crippen LogP contribution in [0.1, 0.15) is 25.8 Å². The van der Waals surface area contributed by atoms with Crippen LogP contribution in [-0.2, 0) is 0 Å². The van der Waals surface area contributed by atoms with Crippen LogP contribution < -0.4 is 11.1 Å². The molecule has 4 N–H and O–H groups in total. The maximum atomic E-state index is 9.70. The molecular weight excluding hydrogens is 204 g/mol. The van der Waals surface area contributed by atoms with Gasteiger partial charge in [-0.25, -0.2) is 4.98 Å². The predicted octanol–water partition coefficient (Wildman–Crippen LogP) is 1.19. The lowest BCUT2D eigenvalue weighted by Crippen LogP contribution is -2.22. The molecule has 0 aliphatic heterocycles. The van der Waals surface area contributed by atoms with Crippen LogP contribution in [0.4, 0.5) is 11.8 Å². The maximum absolute atomic E-state index is 9.70. The largest absolute Gasteiger partial charge is 0.391 e. The second-order valence-corrected chi connectivity index (χ2v) is 4.42. The van der Waals surface area contributed by atoms with Gasteiger partial charge in [0.1, 0.15) is 5.82 Å². The highest BCUT2D eigenvalue weighted by molar-refractivity contribution is 5.45. The number of aliphatic hydroxyl groups excluding tert-OH is 1. The lowest BCUT2D eigenvalue weighted by molar-refractivity contribution is 0.161. The monoisotopic (exact) mass is 224 g/mol. The molecule has 0 aliphatic carbocycles. The molecule has 1 aromatic rings. The van der Waals surface area contributed by atoms with E-state index in [0.29, 0.717) is 18.3 Å². The van der Waals surface area contributed by atoms with Gasteiger partial charge in [0, 0.05) is 18.3 Å². The zero-order chi connectivity index (χ0) is 12.1. The van der Waals surface area contributed by atoms with Crippen molar-refractivity contribution < 1.29 is 5.11 Å². The van der Waals surface area contributed by atoms with Crippen molar-refractivity contribution in [2.24, 2.45) is 5.92 Å². The van der Waals surface area contributed by atoms with Crippen LogP contribution in [0.25, 0.3) is 0 Å². The minimum absolute atomic E-state index is 0.242. The van der Waals surface area contributed by atoms with Crippen molar-refractivity contribution in [2.45, 2.75) is 33.3 Å². The molecule has 90 valence electrons. The molecule has 0 fully saturated rings. The Morgan fingerprint density at radius 1 is 1.50 bits per heavy atom. The van der Waals surface area contributed by atoms with Gasteiger partial charge in [0.2, 0.25) is 5.95 Å². The van der Waals surface area contributed by atoms with Crippen LogP contribution >= 0.6 is 0 Å². The number of nitrogens with one attached hydrogen (secondary N) is 1. The first-order valence-electron chi connectivity index (χ1n) is 5.50. The molecule has 5 nitrogen and oxygen atoms in total. The molecule has 0 saturated heterocycles. The van der Waals surface area contributed by atoms with Gasteiger partial charge in [-0.2, -0.15) is 4.98 Å². The van der Waals surface area contributed by atoms with Crippen molar-refractivity contribution in [3.8, 4) is 0 Å². The Balaban J connectivity index is 2.51. The number of nitrogen functional groups attached to an aromatic ring is 1. The van der Waals surface area contributed by atoms with E-state index in [-0.39, 0.29) is 12.1 Å². The summed E-state index contributed by atoms with van der Waals surface area (Å²) in [6.45, 7) is 6.54. The van der Waals surface area contributed by atoms with E-state index in [9.17, 15) is 5.11 Å². The van der Waals surface area contributed by atoms with Gasteiger partial charge in [0.25, 0.3) is 0 Å². The van der Waals surface area contributed by atoms with E-state index in [1.165, 1.54) is 0 Å². The quantitative estimate of drug-likeness (QED) is 0.699. The van der Waals surface area contributed by atoms with Crippen molar-refractivity contribution in [3.63, 3.8) is 0 Å². The average Bonchev–Trinajstić information content (AvgIpc) is 2.18. The molecule has 0 amide bonds. The van der Waals surface area contributed by atoms with Gasteiger partial charge in [-0.3, -0.25) is 0 Å². The van der Waals surface area contributed by atoms with Crippen LogP contribution in [0.15, 0.2) is 6.20 Å². The van der Waals surface area contributed by atoms with Crippen molar-refractivity contribution >= 4 is 11.8 Å². The summed E-state index contributed by atoms with van der Waals surface area (Å²) in [6, 6.07) is 0. The number of rotatable bonds is 5. The highest BCUT2D eigenvalue weighted by Crippen LogP contribution is 2.12. The fraction of sp³-hybridized carbons (Fsp3) is 0.636. The lowest BCUT2D eigenvalue weighted by Gasteiger charge is -2.15. The number of aryl methyl sites for hydroxylation is 1. The summed E-state index contributed by atoms with van der Waals surface area (Å²) in [5, 5.41) is 12.8. The van der Waals surface area contributed by atoms with Crippen molar-refractivity contribution in [2.75, 3.05) is 17.6 Å². The molecule has 0 bridgehead atoms. The zero-order valence-electron chi connectivity index (χ0n) is 10.1. The maximum Gasteiger partial charge on any atom is 0.221 e. The second kappa shape index (κ2) is 5.65. The topological polar surface area (TPSA) is 84.1 Å². The van der Waals surface area contributed by atoms with Gasteiger partial charge < -0.3 is 16.2 Å². The van der Waals surface area contributed by atoms with Crippen LogP contribution in [0.5, 0.6) is 0 Å². The Labute approximate surface area is 96.1 Å². The van der Waals surface area contributed by atoms with Crippen molar-refractivity contribution in [1.82, 2.24) is 9.97 Å². The summed E-state index contributed by atoms with van der Waals surface area (Å²) in [7, 11) is 0. The molecule has 1 atom stereocenters. The molecular formula is C11H20N4O. The summed E-state index contributed by atoms with van der Waals surface area (Å²) in [4.78, 5) is 7.95. The normalized spacial score (nSPS) is 12.8. The first-order chi connectivity index (χ1) is 7.49. The number of nitrogens with zero attached hydrogens (tertiary/aromatic N) is 2. The molecule has 1 unspecified atom stereocenters. The van der Waals surface area contributed by atoms with Crippen molar-refractivity contribution in [1.29, 1.82) is 0 Å². The number of aromatic nitrogens is 2. The van der Waals surface area contributed by atoms with Gasteiger partial charge in [0.15, 0.2) is 0 Å². The molecule has 5 heteroatoms. The predicted molar refractivity (Wildman–Crippen MR) is 65.1 cm³/mol. The van der Waals surface area contributed by atoms with E-state index >= 15 is 0 Å². The third-order valence-corrected chi connectivity index (χ3v) is 2.24. The van der Waals surface area contributed by atoms with Crippen molar-refractivity contribution in [3.05, 3.63) is 11.8 Å². The first-order valence-corrected chi connectivity index (χ1v) is 5.50. The molecule has 0 spiro atoms. The smallest absolute Gasteiger partial charge is 0.221 e. The lowest BCUT2D eigenvalue weighted by atomic mass is 10.1. The van der Waals surface area contributed by atoms with Crippen LogP contribution in [0, 0.1) is 12.8 Å².